The molecule has 0 saturated carbocycles. The van der Waals surface area contributed by atoms with Crippen LogP contribution in [0.5, 0.6) is 5.75 Å². The van der Waals surface area contributed by atoms with Gasteiger partial charge in [-0.25, -0.2) is 0 Å². The zero-order chi connectivity index (χ0) is 27.1. The van der Waals surface area contributed by atoms with Crippen LogP contribution in [0.2, 0.25) is 0 Å². The van der Waals surface area contributed by atoms with Crippen LogP contribution in [0.15, 0.2) is 66.7 Å². The van der Waals surface area contributed by atoms with Gasteiger partial charge >= 0.3 is 0 Å². The van der Waals surface area contributed by atoms with Crippen molar-refractivity contribution in [2.75, 3.05) is 23.4 Å². The summed E-state index contributed by atoms with van der Waals surface area (Å²) < 4.78 is 5.67. The van der Waals surface area contributed by atoms with E-state index in [0.29, 0.717) is 24.5 Å². The first-order valence-electron chi connectivity index (χ1n) is 13.1. The summed E-state index contributed by atoms with van der Waals surface area (Å²) in [6.07, 6.45) is 1.98. The molecule has 3 amide bonds. The number of para-hydroxylation sites is 1. The maximum atomic E-state index is 12.7. The van der Waals surface area contributed by atoms with E-state index in [4.69, 9.17) is 4.74 Å². The van der Waals surface area contributed by atoms with Crippen LogP contribution in [0.4, 0.5) is 11.4 Å². The predicted molar refractivity (Wildman–Crippen MR) is 149 cm³/mol. The highest BCUT2D eigenvalue weighted by atomic mass is 16.5. The molecule has 198 valence electrons. The smallest absolute Gasteiger partial charge is 0.262 e. The molecule has 0 aromatic heterocycles. The van der Waals surface area contributed by atoms with Crippen LogP contribution >= 0.6 is 0 Å². The van der Waals surface area contributed by atoms with Gasteiger partial charge in [-0.1, -0.05) is 56.3 Å². The average Bonchev–Trinajstić information content (AvgIpc) is 3.33. The molecule has 1 heterocycles. The molecule has 0 unspecified atom stereocenters. The number of carbonyl (C=O) groups excluding carboxylic acids is 3. The Morgan fingerprint density at radius 3 is 2.34 bits per heavy atom. The lowest BCUT2D eigenvalue weighted by molar-refractivity contribution is -0.126. The summed E-state index contributed by atoms with van der Waals surface area (Å²) in [7, 11) is 0. The number of benzene rings is 3. The van der Waals surface area contributed by atoms with E-state index in [-0.39, 0.29) is 30.7 Å². The number of carbonyl (C=O) groups is 3. The number of rotatable bonds is 10. The van der Waals surface area contributed by atoms with Gasteiger partial charge in [-0.05, 0) is 66.3 Å². The number of nitrogens with one attached hydrogen (secondary N) is 2. The summed E-state index contributed by atoms with van der Waals surface area (Å²) in [5.74, 6) is -0.310. The van der Waals surface area contributed by atoms with Crippen LogP contribution < -0.4 is 20.3 Å². The highest BCUT2D eigenvalue weighted by Crippen LogP contribution is 2.27. The lowest BCUT2D eigenvalue weighted by Gasteiger charge is -2.17. The van der Waals surface area contributed by atoms with Crippen molar-refractivity contribution >= 4 is 29.1 Å². The van der Waals surface area contributed by atoms with Crippen molar-refractivity contribution in [1.82, 2.24) is 5.32 Å². The molecule has 3 aromatic rings. The summed E-state index contributed by atoms with van der Waals surface area (Å²) in [6, 6.07) is 21.1. The molecule has 0 bridgehead atoms. The number of ether oxygens (including phenoxy) is 1. The Morgan fingerprint density at radius 1 is 0.947 bits per heavy atom. The largest absolute Gasteiger partial charge is 0.484 e. The second-order valence-electron chi connectivity index (χ2n) is 9.59. The molecule has 3 aromatic carbocycles. The van der Waals surface area contributed by atoms with Crippen LogP contribution in [0.25, 0.3) is 0 Å². The molecule has 1 saturated heterocycles. The van der Waals surface area contributed by atoms with Crippen molar-refractivity contribution in [2.45, 2.75) is 46.6 Å². The van der Waals surface area contributed by atoms with E-state index in [1.165, 1.54) is 5.56 Å². The third-order valence-electron chi connectivity index (χ3n) is 6.92. The Kier molecular flexibility index (Phi) is 8.79. The Hall–Kier alpha value is -4.13. The summed E-state index contributed by atoms with van der Waals surface area (Å²) >= 11 is 0. The molecule has 0 spiro atoms. The van der Waals surface area contributed by atoms with Gasteiger partial charge in [0.15, 0.2) is 6.61 Å². The first kappa shape index (κ1) is 26.9. The van der Waals surface area contributed by atoms with Gasteiger partial charge in [-0.15, -0.1) is 0 Å². The summed E-state index contributed by atoms with van der Waals surface area (Å²) in [6.45, 7) is 6.77. The Labute approximate surface area is 224 Å². The van der Waals surface area contributed by atoms with E-state index in [1.807, 2.05) is 37.3 Å². The number of aryl methyl sites for hydroxylation is 3. The molecule has 1 atom stereocenters. The fourth-order valence-corrected chi connectivity index (χ4v) is 4.61. The third-order valence-corrected chi connectivity index (χ3v) is 6.92. The molecular weight excluding hydrogens is 478 g/mol. The van der Waals surface area contributed by atoms with E-state index in [0.717, 1.165) is 35.2 Å². The van der Waals surface area contributed by atoms with Gasteiger partial charge in [-0.2, -0.15) is 0 Å². The molecule has 38 heavy (non-hydrogen) atoms. The van der Waals surface area contributed by atoms with Crippen molar-refractivity contribution in [3.63, 3.8) is 0 Å². The molecule has 1 fully saturated rings. The maximum absolute atomic E-state index is 12.7. The van der Waals surface area contributed by atoms with E-state index in [1.54, 1.807) is 29.2 Å². The number of hydrogen-bond donors (Lipinski definition) is 2. The number of amides is 3. The normalized spacial score (nSPS) is 14.9. The molecule has 2 N–H and O–H groups in total. The van der Waals surface area contributed by atoms with Crippen LogP contribution in [-0.2, 0) is 33.8 Å². The lowest BCUT2D eigenvalue weighted by Crippen LogP contribution is -2.32. The highest BCUT2D eigenvalue weighted by molar-refractivity contribution is 6.00. The molecular formula is C31H35N3O4. The van der Waals surface area contributed by atoms with Crippen molar-refractivity contribution in [3.8, 4) is 5.75 Å². The monoisotopic (exact) mass is 513 g/mol. The zero-order valence-corrected chi connectivity index (χ0v) is 22.3. The molecule has 7 heteroatoms. The average molecular weight is 514 g/mol. The lowest BCUT2D eigenvalue weighted by atomic mass is 10.1. The van der Waals surface area contributed by atoms with Gasteiger partial charge in [0.05, 0.1) is 5.92 Å². The minimum atomic E-state index is -0.397. The summed E-state index contributed by atoms with van der Waals surface area (Å²) in [4.78, 5) is 39.5. The standard InChI is InChI=1S/C31H35N3O4/c1-4-22-9-11-23(12-10-22)18-32-31(37)25-17-29(36)34(19-25)26-13-15-27(16-14-26)38-20-28(35)33-30-21(3)7-6-8-24(30)5-2/h6-16,25H,4-5,17-20H2,1-3H3,(H,32,37)(H,33,35)/t25-/m1/s1. The quantitative estimate of drug-likeness (QED) is 0.407. The first-order chi connectivity index (χ1) is 18.4. The molecule has 4 rings (SSSR count). The Bertz CT molecular complexity index is 1290. The molecule has 0 aliphatic carbocycles. The van der Waals surface area contributed by atoms with Crippen molar-refractivity contribution in [3.05, 3.63) is 89.0 Å². The molecule has 1 aliphatic rings. The Balaban J connectivity index is 1.27. The van der Waals surface area contributed by atoms with Crippen LogP contribution in [0, 0.1) is 12.8 Å². The summed E-state index contributed by atoms with van der Waals surface area (Å²) in [5, 5.41) is 5.91. The molecule has 1 aliphatic heterocycles. The topological polar surface area (TPSA) is 87.7 Å². The number of nitrogens with zero attached hydrogens (tertiary/aromatic N) is 1. The van der Waals surface area contributed by atoms with Crippen LogP contribution in [0.3, 0.4) is 0 Å². The van der Waals surface area contributed by atoms with Crippen LogP contribution in [-0.4, -0.2) is 30.9 Å². The minimum absolute atomic E-state index is 0.0875. The predicted octanol–water partition coefficient (Wildman–Crippen LogP) is 4.81. The van der Waals surface area contributed by atoms with Gasteiger partial charge in [0.1, 0.15) is 5.75 Å². The van der Waals surface area contributed by atoms with E-state index in [2.05, 4.69) is 36.6 Å². The first-order valence-corrected chi connectivity index (χ1v) is 13.1. The second kappa shape index (κ2) is 12.4. The number of hydrogen-bond acceptors (Lipinski definition) is 4. The maximum Gasteiger partial charge on any atom is 0.262 e. The Morgan fingerprint density at radius 2 is 1.66 bits per heavy atom. The van der Waals surface area contributed by atoms with Crippen molar-refractivity contribution in [2.24, 2.45) is 5.92 Å². The summed E-state index contributed by atoms with van der Waals surface area (Å²) in [5.41, 5.74) is 5.91. The molecule has 7 nitrogen and oxygen atoms in total. The highest BCUT2D eigenvalue weighted by Gasteiger charge is 2.35. The fraction of sp³-hybridized carbons (Fsp3) is 0.323. The number of anilines is 2. The van der Waals surface area contributed by atoms with E-state index < -0.39 is 5.92 Å². The van der Waals surface area contributed by atoms with Gasteiger partial charge < -0.3 is 20.3 Å². The van der Waals surface area contributed by atoms with Gasteiger partial charge in [0.25, 0.3) is 5.91 Å². The van der Waals surface area contributed by atoms with Gasteiger partial charge in [-0.3, -0.25) is 14.4 Å². The van der Waals surface area contributed by atoms with Crippen LogP contribution in [0.1, 0.15) is 42.5 Å². The van der Waals surface area contributed by atoms with Crippen molar-refractivity contribution in [1.29, 1.82) is 0 Å². The van der Waals surface area contributed by atoms with E-state index in [9.17, 15) is 14.4 Å². The van der Waals surface area contributed by atoms with Gasteiger partial charge in [0.2, 0.25) is 11.8 Å². The van der Waals surface area contributed by atoms with E-state index >= 15 is 0 Å². The minimum Gasteiger partial charge on any atom is -0.484 e. The third kappa shape index (κ3) is 6.59. The fourth-order valence-electron chi connectivity index (χ4n) is 4.61. The van der Waals surface area contributed by atoms with Gasteiger partial charge in [0, 0.05) is 30.9 Å². The second-order valence-corrected chi connectivity index (χ2v) is 9.59. The SMILES string of the molecule is CCc1ccc(CNC(=O)[C@@H]2CC(=O)N(c3ccc(OCC(=O)Nc4c(C)cccc4CC)cc3)C2)cc1. The zero-order valence-electron chi connectivity index (χ0n) is 22.3. The van der Waals surface area contributed by atoms with Crippen molar-refractivity contribution < 1.29 is 19.1 Å². The molecule has 0 radical (unpaired) electrons.